The number of aromatic nitrogens is 1. The molecule has 0 spiro atoms. The number of halogens is 4. The monoisotopic (exact) mass is 510 g/mol. The van der Waals surface area contributed by atoms with Crippen molar-refractivity contribution in [2.75, 3.05) is 0 Å². The van der Waals surface area contributed by atoms with Crippen molar-refractivity contribution in [1.82, 2.24) is 4.98 Å². The summed E-state index contributed by atoms with van der Waals surface area (Å²) in [6, 6.07) is 0.956. The molecule has 33 heavy (non-hydrogen) atoms. The lowest BCUT2D eigenvalue weighted by Crippen LogP contribution is -2.26. The van der Waals surface area contributed by atoms with Gasteiger partial charge in [-0.1, -0.05) is 63.5 Å². The third kappa shape index (κ3) is 9.65. The Labute approximate surface area is 204 Å². The maximum Gasteiger partial charge on any atom is 0.417 e. The summed E-state index contributed by atoms with van der Waals surface area (Å²) in [5, 5.41) is 0.0885. The van der Waals surface area contributed by atoms with Gasteiger partial charge >= 0.3 is 6.18 Å². The molecular weight excluding hydrogens is 473 g/mol. The van der Waals surface area contributed by atoms with Gasteiger partial charge in [0.05, 0.1) is 27.1 Å². The molecule has 1 fully saturated rings. The van der Waals surface area contributed by atoms with E-state index in [9.17, 15) is 17.4 Å². The molecule has 2 rings (SSSR count). The van der Waals surface area contributed by atoms with E-state index in [0.29, 0.717) is 5.69 Å². The molecule has 1 aliphatic rings. The fourth-order valence-corrected chi connectivity index (χ4v) is 4.01. The van der Waals surface area contributed by atoms with Crippen molar-refractivity contribution in [3.8, 4) is 0 Å². The van der Waals surface area contributed by atoms with Gasteiger partial charge in [-0.05, 0) is 52.8 Å². The predicted molar refractivity (Wildman–Crippen MR) is 132 cm³/mol. The molecule has 1 aromatic rings. The van der Waals surface area contributed by atoms with Crippen LogP contribution in [0.15, 0.2) is 17.3 Å². The molecule has 1 heterocycles. The van der Waals surface area contributed by atoms with Gasteiger partial charge in [-0.3, -0.25) is 9.98 Å². The lowest BCUT2D eigenvalue weighted by atomic mass is 9.88. The second-order valence-electron chi connectivity index (χ2n) is 9.68. The number of unbranched alkanes of at least 4 members (excludes halogenated alkanes) is 6. The van der Waals surface area contributed by atoms with E-state index in [1.807, 2.05) is 0 Å². The second-order valence-corrected chi connectivity index (χ2v) is 11.8. The fraction of sp³-hybridized carbons (Fsp3) is 0.750. The molecule has 1 aliphatic carbocycles. The molecule has 0 amide bonds. The summed E-state index contributed by atoms with van der Waals surface area (Å²) in [6.07, 6.45) is 7.55. The number of rotatable bonds is 11. The van der Waals surface area contributed by atoms with E-state index in [0.717, 1.165) is 44.4 Å². The Morgan fingerprint density at radius 2 is 1.70 bits per heavy atom. The second kappa shape index (κ2) is 13.2. The summed E-state index contributed by atoms with van der Waals surface area (Å²) in [7, 11) is 0. The number of aliphatic imine (C=N–C) groups is 1. The maximum absolute atomic E-state index is 12.8. The number of nitrogens with zero attached hydrogens (tertiary/aromatic N) is 2. The molecule has 0 radical (unpaired) electrons. The quantitative estimate of drug-likeness (QED) is 0.186. The third-order valence-corrected chi connectivity index (χ3v) is 7.23. The van der Waals surface area contributed by atoms with Gasteiger partial charge in [0.1, 0.15) is 0 Å². The van der Waals surface area contributed by atoms with Crippen molar-refractivity contribution in [2.24, 2.45) is 4.99 Å². The zero-order valence-corrected chi connectivity index (χ0v) is 21.8. The first-order valence-electron chi connectivity index (χ1n) is 11.6. The minimum Gasteiger partial charge on any atom is -0.306 e. The Bertz CT molecular complexity index is 778. The first kappa shape index (κ1) is 30.0. The Hall–Kier alpha value is -0.990. The largest absolute Gasteiger partial charge is 0.417 e. The lowest BCUT2D eigenvalue weighted by molar-refractivity contribution is -0.137. The normalized spacial score (nSPS) is 17.0. The van der Waals surface area contributed by atoms with Crippen molar-refractivity contribution in [1.29, 1.82) is 0 Å². The van der Waals surface area contributed by atoms with E-state index < -0.39 is 27.6 Å². The lowest BCUT2D eigenvalue weighted by Gasteiger charge is -2.24. The molecule has 4 nitrogen and oxygen atoms in total. The molecule has 0 aromatic carbocycles. The standard InChI is InChI=1S/C20H28ClF3N2.C4H10O2S/c1-3-4-5-6-7-8-9-10-17(25-2)19(11-12-19)18-16(21)13-15(14-26-18)20(22,23)24;1-4(2,3)7(5)6/h13-14,17H,2-12H2,1H3;1-3H3,(H,5,6). The number of alkyl halides is 3. The molecule has 190 valence electrons. The fourth-order valence-electron chi connectivity index (χ4n) is 3.66. The van der Waals surface area contributed by atoms with Crippen LogP contribution in [0.2, 0.25) is 5.02 Å². The molecule has 2 atom stereocenters. The summed E-state index contributed by atoms with van der Waals surface area (Å²) < 4.78 is 56.5. The first-order valence-corrected chi connectivity index (χ1v) is 13.1. The van der Waals surface area contributed by atoms with Gasteiger partial charge < -0.3 is 4.55 Å². The molecule has 2 unspecified atom stereocenters. The SMILES string of the molecule is C=NC(CCCCCCCCC)C1(c2ncc(C(F)(F)F)cc2Cl)CC1.CC(C)(C)S(=O)O. The van der Waals surface area contributed by atoms with Crippen LogP contribution >= 0.6 is 11.6 Å². The van der Waals surface area contributed by atoms with Crippen LogP contribution in [0.3, 0.4) is 0 Å². The van der Waals surface area contributed by atoms with Crippen LogP contribution in [0.4, 0.5) is 13.2 Å². The van der Waals surface area contributed by atoms with Gasteiger partial charge in [-0.2, -0.15) is 13.2 Å². The molecule has 1 saturated carbocycles. The van der Waals surface area contributed by atoms with Gasteiger partial charge in [0.25, 0.3) is 0 Å². The van der Waals surface area contributed by atoms with Crippen molar-refractivity contribution in [2.45, 2.75) is 114 Å². The van der Waals surface area contributed by atoms with Crippen molar-refractivity contribution >= 4 is 29.4 Å². The highest BCUT2D eigenvalue weighted by atomic mass is 35.5. The highest BCUT2D eigenvalue weighted by Crippen LogP contribution is 2.54. The molecule has 0 saturated heterocycles. The number of hydrogen-bond acceptors (Lipinski definition) is 3. The van der Waals surface area contributed by atoms with Gasteiger partial charge in [0.2, 0.25) is 0 Å². The van der Waals surface area contributed by atoms with Crippen LogP contribution in [0, 0.1) is 0 Å². The molecule has 9 heteroatoms. The van der Waals surface area contributed by atoms with E-state index in [2.05, 4.69) is 23.6 Å². The molecule has 0 bridgehead atoms. The van der Waals surface area contributed by atoms with Gasteiger partial charge in [0.15, 0.2) is 11.1 Å². The van der Waals surface area contributed by atoms with Gasteiger partial charge in [-0.25, -0.2) is 4.21 Å². The summed E-state index contributed by atoms with van der Waals surface area (Å²) in [5.41, 5.74) is -0.588. The molecule has 0 aliphatic heterocycles. The van der Waals surface area contributed by atoms with Gasteiger partial charge in [0, 0.05) is 11.6 Å². The number of pyridine rings is 1. The Morgan fingerprint density at radius 1 is 1.18 bits per heavy atom. The average molecular weight is 511 g/mol. The summed E-state index contributed by atoms with van der Waals surface area (Å²) in [6.45, 7) is 11.1. The maximum atomic E-state index is 12.8. The smallest absolute Gasteiger partial charge is 0.306 e. The van der Waals surface area contributed by atoms with Crippen molar-refractivity contribution in [3.63, 3.8) is 0 Å². The Balaban J connectivity index is 0.000000675. The Kier molecular flexibility index (Phi) is 12.0. The predicted octanol–water partition coefficient (Wildman–Crippen LogP) is 8.00. The zero-order valence-electron chi connectivity index (χ0n) is 20.2. The van der Waals surface area contributed by atoms with Crippen molar-refractivity contribution < 1.29 is 21.9 Å². The Morgan fingerprint density at radius 3 is 2.09 bits per heavy atom. The zero-order chi connectivity index (χ0) is 25.3. The van der Waals surface area contributed by atoms with Crippen LogP contribution in [-0.4, -0.2) is 31.3 Å². The summed E-state index contributed by atoms with van der Waals surface area (Å²) in [4.78, 5) is 8.37. The minimum atomic E-state index is -4.43. The van der Waals surface area contributed by atoms with E-state index in [-0.39, 0.29) is 16.5 Å². The average Bonchev–Trinajstić information content (AvgIpc) is 3.50. The van der Waals surface area contributed by atoms with E-state index in [1.54, 1.807) is 20.8 Å². The number of hydrogen-bond donors (Lipinski definition) is 1. The first-order chi connectivity index (χ1) is 15.3. The van der Waals surface area contributed by atoms with E-state index in [1.165, 1.54) is 32.1 Å². The van der Waals surface area contributed by atoms with Crippen LogP contribution in [-0.2, 0) is 22.7 Å². The topological polar surface area (TPSA) is 62.5 Å². The van der Waals surface area contributed by atoms with E-state index >= 15 is 0 Å². The molecular formula is C24H38ClF3N2O2S. The summed E-state index contributed by atoms with van der Waals surface area (Å²) >= 11 is 4.49. The minimum absolute atomic E-state index is 0.0279. The van der Waals surface area contributed by atoms with Crippen LogP contribution < -0.4 is 0 Å². The van der Waals surface area contributed by atoms with Crippen LogP contribution in [0.1, 0.15) is 103 Å². The molecule has 1 N–H and O–H groups in total. The highest BCUT2D eigenvalue weighted by Gasteiger charge is 2.53. The van der Waals surface area contributed by atoms with Gasteiger partial charge in [-0.15, -0.1) is 0 Å². The molecule has 1 aromatic heterocycles. The third-order valence-electron chi connectivity index (χ3n) is 5.89. The van der Waals surface area contributed by atoms with Crippen LogP contribution in [0.25, 0.3) is 0 Å². The van der Waals surface area contributed by atoms with E-state index in [4.69, 9.17) is 16.2 Å². The summed E-state index contributed by atoms with van der Waals surface area (Å²) in [5.74, 6) is 0. The van der Waals surface area contributed by atoms with Crippen LogP contribution in [0.5, 0.6) is 0 Å². The van der Waals surface area contributed by atoms with Crippen molar-refractivity contribution in [3.05, 3.63) is 28.5 Å². The highest BCUT2D eigenvalue weighted by molar-refractivity contribution is 7.80.